The number of aryl methyl sites for hydroxylation is 2. The minimum Gasteiger partial charge on any atom is -0.310 e. The van der Waals surface area contributed by atoms with E-state index in [9.17, 15) is 4.39 Å². The van der Waals surface area contributed by atoms with Gasteiger partial charge in [-0.05, 0) is 49.1 Å². The highest BCUT2D eigenvalue weighted by Gasteiger charge is 2.14. The predicted molar refractivity (Wildman–Crippen MR) is 82.4 cm³/mol. The van der Waals surface area contributed by atoms with Crippen molar-refractivity contribution in [3.05, 3.63) is 70.5 Å². The molecule has 0 saturated carbocycles. The van der Waals surface area contributed by atoms with E-state index >= 15 is 0 Å². The number of nitrogens with one attached hydrogen (secondary N) is 1. The zero-order valence-corrected chi connectivity index (χ0v) is 12.4. The van der Waals surface area contributed by atoms with Crippen LogP contribution in [0.3, 0.4) is 0 Å². The highest BCUT2D eigenvalue weighted by Crippen LogP contribution is 2.23. The third-order valence-electron chi connectivity index (χ3n) is 3.59. The Hall–Kier alpha value is -1.67. The molecule has 0 aromatic heterocycles. The van der Waals surface area contributed by atoms with E-state index in [4.69, 9.17) is 0 Å². The smallest absolute Gasteiger partial charge is 0.129 e. The average molecular weight is 271 g/mol. The van der Waals surface area contributed by atoms with Gasteiger partial charge < -0.3 is 5.32 Å². The van der Waals surface area contributed by atoms with Gasteiger partial charge in [0.15, 0.2) is 0 Å². The Bertz CT molecular complexity index is 540. The lowest BCUT2D eigenvalue weighted by Crippen LogP contribution is -2.23. The molecular formula is C18H22FN. The summed E-state index contributed by atoms with van der Waals surface area (Å²) in [6.45, 7) is 6.66. The summed E-state index contributed by atoms with van der Waals surface area (Å²) in [5, 5.41) is 3.50. The van der Waals surface area contributed by atoms with Crippen LogP contribution in [-0.2, 0) is 6.42 Å². The summed E-state index contributed by atoms with van der Waals surface area (Å²) < 4.78 is 13.8. The zero-order valence-electron chi connectivity index (χ0n) is 12.4. The normalized spacial score (nSPS) is 12.4. The molecule has 1 nitrogen and oxygen atoms in total. The van der Waals surface area contributed by atoms with E-state index in [1.165, 1.54) is 5.56 Å². The van der Waals surface area contributed by atoms with E-state index in [2.05, 4.69) is 36.5 Å². The molecule has 0 spiro atoms. The van der Waals surface area contributed by atoms with Gasteiger partial charge in [-0.2, -0.15) is 0 Å². The Labute approximate surface area is 120 Å². The van der Waals surface area contributed by atoms with Crippen LogP contribution in [0.4, 0.5) is 4.39 Å². The molecule has 20 heavy (non-hydrogen) atoms. The molecule has 106 valence electrons. The highest BCUT2D eigenvalue weighted by molar-refractivity contribution is 5.33. The average Bonchev–Trinajstić information content (AvgIpc) is 2.45. The van der Waals surface area contributed by atoms with Crippen molar-refractivity contribution < 1.29 is 4.39 Å². The van der Waals surface area contributed by atoms with Crippen molar-refractivity contribution in [2.45, 2.75) is 33.2 Å². The minimum absolute atomic E-state index is 0.0938. The lowest BCUT2D eigenvalue weighted by atomic mass is 9.95. The summed E-state index contributed by atoms with van der Waals surface area (Å²) in [7, 11) is 0. The number of likely N-dealkylation sites (N-methyl/N-ethyl adjacent to an activating group) is 1. The molecular weight excluding hydrogens is 249 g/mol. The molecule has 1 atom stereocenters. The summed E-state index contributed by atoms with van der Waals surface area (Å²) in [5.74, 6) is -0.0938. The summed E-state index contributed by atoms with van der Waals surface area (Å²) in [4.78, 5) is 0. The van der Waals surface area contributed by atoms with Gasteiger partial charge in [0.25, 0.3) is 0 Å². The monoisotopic (exact) mass is 271 g/mol. The molecule has 0 aliphatic carbocycles. The molecule has 0 fully saturated rings. The SMILES string of the molecule is CCNC(Cc1ccccc1)c1cc(C)c(F)c(C)c1. The van der Waals surface area contributed by atoms with Crippen LogP contribution < -0.4 is 5.32 Å². The van der Waals surface area contributed by atoms with Crippen molar-refractivity contribution in [1.29, 1.82) is 0 Å². The van der Waals surface area contributed by atoms with Gasteiger partial charge >= 0.3 is 0 Å². The molecule has 0 aliphatic heterocycles. The minimum atomic E-state index is -0.0938. The van der Waals surface area contributed by atoms with Crippen LogP contribution in [0.15, 0.2) is 42.5 Å². The van der Waals surface area contributed by atoms with E-state index in [0.29, 0.717) is 0 Å². The maximum Gasteiger partial charge on any atom is 0.129 e. The molecule has 0 radical (unpaired) electrons. The largest absolute Gasteiger partial charge is 0.310 e. The Morgan fingerprint density at radius 1 is 1.05 bits per heavy atom. The van der Waals surface area contributed by atoms with E-state index in [-0.39, 0.29) is 11.9 Å². The number of benzene rings is 2. The molecule has 2 aromatic carbocycles. The van der Waals surface area contributed by atoms with Crippen molar-refractivity contribution in [3.8, 4) is 0 Å². The molecule has 0 saturated heterocycles. The first-order valence-electron chi connectivity index (χ1n) is 7.15. The number of halogens is 1. The standard InChI is InChI=1S/C18H22FN/c1-4-20-17(12-15-8-6-5-7-9-15)16-10-13(2)18(19)14(3)11-16/h5-11,17,20H,4,12H2,1-3H3. The summed E-state index contributed by atoms with van der Waals surface area (Å²) in [6.07, 6.45) is 0.916. The molecule has 0 heterocycles. The fraction of sp³-hybridized carbons (Fsp3) is 0.333. The van der Waals surface area contributed by atoms with Gasteiger partial charge in [0, 0.05) is 6.04 Å². The van der Waals surface area contributed by atoms with Crippen LogP contribution in [0.2, 0.25) is 0 Å². The van der Waals surface area contributed by atoms with Gasteiger partial charge in [0.2, 0.25) is 0 Å². The number of rotatable bonds is 5. The quantitative estimate of drug-likeness (QED) is 0.853. The Balaban J connectivity index is 2.29. The zero-order chi connectivity index (χ0) is 14.5. The lowest BCUT2D eigenvalue weighted by Gasteiger charge is -2.20. The van der Waals surface area contributed by atoms with Gasteiger partial charge in [-0.3, -0.25) is 0 Å². The van der Waals surface area contributed by atoms with Crippen molar-refractivity contribution in [2.24, 2.45) is 0 Å². The second kappa shape index (κ2) is 6.67. The van der Waals surface area contributed by atoms with Crippen molar-refractivity contribution >= 4 is 0 Å². The van der Waals surface area contributed by atoms with Crippen molar-refractivity contribution in [2.75, 3.05) is 6.54 Å². The summed E-state index contributed by atoms with van der Waals surface area (Å²) in [6, 6.07) is 14.5. The van der Waals surface area contributed by atoms with Crippen LogP contribution in [0, 0.1) is 19.7 Å². The molecule has 2 heteroatoms. The highest BCUT2D eigenvalue weighted by atomic mass is 19.1. The van der Waals surface area contributed by atoms with E-state index in [1.54, 1.807) is 0 Å². The number of hydrogen-bond acceptors (Lipinski definition) is 1. The summed E-state index contributed by atoms with van der Waals surface area (Å²) >= 11 is 0. The first kappa shape index (κ1) is 14.7. The first-order chi connectivity index (χ1) is 9.61. The third kappa shape index (κ3) is 3.45. The van der Waals surface area contributed by atoms with Crippen LogP contribution in [0.25, 0.3) is 0 Å². The Morgan fingerprint density at radius 2 is 1.65 bits per heavy atom. The molecule has 1 unspecified atom stereocenters. The number of hydrogen-bond donors (Lipinski definition) is 1. The summed E-state index contributed by atoms with van der Waals surface area (Å²) in [5.41, 5.74) is 3.89. The fourth-order valence-corrected chi connectivity index (χ4v) is 2.58. The van der Waals surface area contributed by atoms with Gasteiger partial charge in [-0.25, -0.2) is 4.39 Å². The van der Waals surface area contributed by atoms with Crippen molar-refractivity contribution in [3.63, 3.8) is 0 Å². The van der Waals surface area contributed by atoms with Gasteiger partial charge in [-0.1, -0.05) is 49.4 Å². The van der Waals surface area contributed by atoms with E-state index < -0.39 is 0 Å². The Morgan fingerprint density at radius 3 is 2.20 bits per heavy atom. The van der Waals surface area contributed by atoms with Crippen LogP contribution in [0.1, 0.15) is 35.2 Å². The molecule has 2 aromatic rings. The van der Waals surface area contributed by atoms with Crippen LogP contribution >= 0.6 is 0 Å². The molecule has 0 aliphatic rings. The van der Waals surface area contributed by atoms with E-state index in [0.717, 1.165) is 29.7 Å². The second-order valence-corrected chi connectivity index (χ2v) is 5.27. The van der Waals surface area contributed by atoms with Gasteiger partial charge in [-0.15, -0.1) is 0 Å². The van der Waals surface area contributed by atoms with Gasteiger partial charge in [0.1, 0.15) is 5.82 Å². The fourth-order valence-electron chi connectivity index (χ4n) is 2.58. The molecule has 1 N–H and O–H groups in total. The molecule has 0 bridgehead atoms. The van der Waals surface area contributed by atoms with Crippen molar-refractivity contribution in [1.82, 2.24) is 5.32 Å². The molecule has 2 rings (SSSR count). The second-order valence-electron chi connectivity index (χ2n) is 5.27. The van der Waals surface area contributed by atoms with Gasteiger partial charge in [0.05, 0.1) is 0 Å². The lowest BCUT2D eigenvalue weighted by molar-refractivity contribution is 0.545. The van der Waals surface area contributed by atoms with Crippen LogP contribution in [0.5, 0.6) is 0 Å². The maximum absolute atomic E-state index is 13.8. The maximum atomic E-state index is 13.8. The Kier molecular flexibility index (Phi) is 4.91. The topological polar surface area (TPSA) is 12.0 Å². The predicted octanol–water partition coefficient (Wildman–Crippen LogP) is 4.34. The van der Waals surface area contributed by atoms with E-state index in [1.807, 2.05) is 32.0 Å². The third-order valence-corrected chi connectivity index (χ3v) is 3.59. The first-order valence-corrected chi connectivity index (χ1v) is 7.15. The molecule has 0 amide bonds. The van der Waals surface area contributed by atoms with Crippen LogP contribution in [-0.4, -0.2) is 6.54 Å².